The highest BCUT2D eigenvalue weighted by molar-refractivity contribution is 7.98. The molecule has 0 aliphatic heterocycles. The average molecular weight is 269 g/mol. The summed E-state index contributed by atoms with van der Waals surface area (Å²) in [5, 5.41) is 0.974. The molecule has 0 radical (unpaired) electrons. The maximum absolute atomic E-state index is 4.71. The van der Waals surface area contributed by atoms with Gasteiger partial charge in [0.15, 0.2) is 10.8 Å². The van der Waals surface area contributed by atoms with Crippen LogP contribution in [-0.2, 0) is 0 Å². The van der Waals surface area contributed by atoms with Crippen LogP contribution in [0.15, 0.2) is 41.6 Å². The van der Waals surface area contributed by atoms with Gasteiger partial charge >= 0.3 is 0 Å². The summed E-state index contributed by atoms with van der Waals surface area (Å²) in [6, 6.07) is 12.3. The first kappa shape index (κ1) is 12.2. The molecule has 0 unspecified atom stereocenters. The van der Waals surface area contributed by atoms with Crippen molar-refractivity contribution in [1.29, 1.82) is 0 Å². The van der Waals surface area contributed by atoms with Crippen LogP contribution in [0.2, 0.25) is 0 Å². The molecule has 0 aliphatic rings. The van der Waals surface area contributed by atoms with Gasteiger partial charge in [0, 0.05) is 11.4 Å². The monoisotopic (exact) mass is 269 g/mol. The molecule has 2 aromatic heterocycles. The highest BCUT2D eigenvalue weighted by Gasteiger charge is 2.14. The molecule has 0 spiro atoms. The summed E-state index contributed by atoms with van der Waals surface area (Å²) in [5.74, 6) is 0. The van der Waals surface area contributed by atoms with Crippen LogP contribution in [0.3, 0.4) is 0 Å². The Balaban J connectivity index is 2.39. The molecule has 1 aromatic carbocycles. The van der Waals surface area contributed by atoms with Gasteiger partial charge in [0.2, 0.25) is 0 Å². The standard InChI is InChI=1S/C15H15N3S/c1-10-9-11(2)16-14-13(10)17-15(19-3)18(14)12-7-5-4-6-8-12/h4-9H,1-3H3. The first-order chi connectivity index (χ1) is 9.20. The smallest absolute Gasteiger partial charge is 0.174 e. The second-order valence-electron chi connectivity index (χ2n) is 4.52. The van der Waals surface area contributed by atoms with Crippen LogP contribution in [0.25, 0.3) is 16.9 Å². The lowest BCUT2D eigenvalue weighted by Gasteiger charge is -2.07. The third-order valence-electron chi connectivity index (χ3n) is 3.10. The molecule has 19 heavy (non-hydrogen) atoms. The van der Waals surface area contributed by atoms with Crippen molar-refractivity contribution in [2.45, 2.75) is 19.0 Å². The summed E-state index contributed by atoms with van der Waals surface area (Å²) < 4.78 is 2.12. The largest absolute Gasteiger partial charge is 0.272 e. The van der Waals surface area contributed by atoms with E-state index >= 15 is 0 Å². The Labute approximate surface area is 116 Å². The number of aryl methyl sites for hydroxylation is 2. The summed E-state index contributed by atoms with van der Waals surface area (Å²) in [5.41, 5.74) is 5.22. The molecular weight excluding hydrogens is 254 g/mol. The maximum Gasteiger partial charge on any atom is 0.174 e. The zero-order chi connectivity index (χ0) is 13.4. The van der Waals surface area contributed by atoms with E-state index in [1.165, 1.54) is 5.56 Å². The summed E-state index contributed by atoms with van der Waals surface area (Å²) in [6.07, 6.45) is 2.04. The molecule has 0 atom stereocenters. The summed E-state index contributed by atoms with van der Waals surface area (Å²) in [4.78, 5) is 9.38. The van der Waals surface area contributed by atoms with Gasteiger partial charge in [-0.05, 0) is 43.9 Å². The fourth-order valence-electron chi connectivity index (χ4n) is 2.29. The molecule has 0 saturated carbocycles. The summed E-state index contributed by atoms with van der Waals surface area (Å²) in [7, 11) is 0. The predicted molar refractivity (Wildman–Crippen MR) is 80.1 cm³/mol. The van der Waals surface area contributed by atoms with Crippen LogP contribution in [0, 0.1) is 13.8 Å². The fraction of sp³-hybridized carbons (Fsp3) is 0.200. The van der Waals surface area contributed by atoms with Crippen molar-refractivity contribution < 1.29 is 0 Å². The third kappa shape index (κ3) is 2.02. The molecule has 0 saturated heterocycles. The number of benzene rings is 1. The predicted octanol–water partition coefficient (Wildman–Crippen LogP) is 3.76. The molecule has 0 fully saturated rings. The Bertz CT molecular complexity index is 732. The number of imidazole rings is 1. The number of hydrogen-bond acceptors (Lipinski definition) is 3. The Morgan fingerprint density at radius 3 is 2.47 bits per heavy atom. The Morgan fingerprint density at radius 1 is 1.05 bits per heavy atom. The van der Waals surface area contributed by atoms with Crippen LogP contribution in [0.4, 0.5) is 0 Å². The van der Waals surface area contributed by atoms with Crippen molar-refractivity contribution in [3.8, 4) is 5.69 Å². The average Bonchev–Trinajstić information content (AvgIpc) is 2.78. The van der Waals surface area contributed by atoms with E-state index in [0.717, 1.165) is 27.7 Å². The van der Waals surface area contributed by atoms with Crippen LogP contribution in [0.1, 0.15) is 11.3 Å². The zero-order valence-corrected chi connectivity index (χ0v) is 12.0. The number of hydrogen-bond donors (Lipinski definition) is 0. The quantitative estimate of drug-likeness (QED) is 0.664. The minimum atomic E-state index is 0.938. The first-order valence-electron chi connectivity index (χ1n) is 6.17. The van der Waals surface area contributed by atoms with E-state index in [1.54, 1.807) is 11.8 Å². The molecule has 0 aliphatic carbocycles. The van der Waals surface area contributed by atoms with Crippen molar-refractivity contribution in [2.75, 3.05) is 6.26 Å². The van der Waals surface area contributed by atoms with Crippen LogP contribution < -0.4 is 0 Å². The van der Waals surface area contributed by atoms with Gasteiger partial charge in [0.25, 0.3) is 0 Å². The first-order valence-corrected chi connectivity index (χ1v) is 7.39. The van der Waals surface area contributed by atoms with Gasteiger partial charge in [-0.15, -0.1) is 0 Å². The van der Waals surface area contributed by atoms with Gasteiger partial charge in [-0.3, -0.25) is 4.57 Å². The molecule has 2 heterocycles. The molecule has 3 rings (SSSR count). The van der Waals surface area contributed by atoms with Gasteiger partial charge in [0.05, 0.1) is 0 Å². The van der Waals surface area contributed by atoms with Gasteiger partial charge in [-0.25, -0.2) is 9.97 Å². The second kappa shape index (κ2) is 4.70. The molecule has 96 valence electrons. The number of fused-ring (bicyclic) bond motifs is 1. The van der Waals surface area contributed by atoms with Crippen LogP contribution >= 0.6 is 11.8 Å². The van der Waals surface area contributed by atoms with E-state index in [9.17, 15) is 0 Å². The highest BCUT2D eigenvalue weighted by Crippen LogP contribution is 2.27. The number of thioether (sulfide) groups is 1. The number of para-hydroxylation sites is 1. The van der Waals surface area contributed by atoms with E-state index in [0.29, 0.717) is 0 Å². The molecule has 4 heteroatoms. The van der Waals surface area contributed by atoms with E-state index in [2.05, 4.69) is 34.7 Å². The Kier molecular flexibility index (Phi) is 3.03. The van der Waals surface area contributed by atoms with Crippen molar-refractivity contribution in [3.05, 3.63) is 47.7 Å². The van der Waals surface area contributed by atoms with Crippen molar-refractivity contribution >= 4 is 22.9 Å². The lowest BCUT2D eigenvalue weighted by atomic mass is 10.2. The SMILES string of the molecule is CSc1nc2c(C)cc(C)nc2n1-c1ccccc1. The Morgan fingerprint density at radius 2 is 1.79 bits per heavy atom. The lowest BCUT2D eigenvalue weighted by molar-refractivity contribution is 0.910. The summed E-state index contributed by atoms with van der Waals surface area (Å²) in [6.45, 7) is 4.11. The van der Waals surface area contributed by atoms with Crippen molar-refractivity contribution in [3.63, 3.8) is 0 Å². The van der Waals surface area contributed by atoms with Gasteiger partial charge < -0.3 is 0 Å². The Hall–Kier alpha value is -1.81. The zero-order valence-electron chi connectivity index (χ0n) is 11.2. The molecule has 0 amide bonds. The summed E-state index contributed by atoms with van der Waals surface area (Å²) >= 11 is 1.64. The van der Waals surface area contributed by atoms with Gasteiger partial charge in [-0.1, -0.05) is 30.0 Å². The van der Waals surface area contributed by atoms with Crippen LogP contribution in [0.5, 0.6) is 0 Å². The third-order valence-corrected chi connectivity index (χ3v) is 3.74. The molecular formula is C15H15N3S. The number of rotatable bonds is 2. The number of aromatic nitrogens is 3. The van der Waals surface area contributed by atoms with E-state index in [4.69, 9.17) is 4.98 Å². The second-order valence-corrected chi connectivity index (χ2v) is 5.30. The minimum absolute atomic E-state index is 0.938. The van der Waals surface area contributed by atoms with E-state index in [-0.39, 0.29) is 0 Å². The van der Waals surface area contributed by atoms with Gasteiger partial charge in [0.1, 0.15) is 5.52 Å². The van der Waals surface area contributed by atoms with Crippen molar-refractivity contribution in [1.82, 2.24) is 14.5 Å². The topological polar surface area (TPSA) is 30.7 Å². The van der Waals surface area contributed by atoms with Gasteiger partial charge in [-0.2, -0.15) is 0 Å². The number of pyridine rings is 1. The lowest BCUT2D eigenvalue weighted by Crippen LogP contribution is -1.98. The normalized spacial score (nSPS) is 11.1. The van der Waals surface area contributed by atoms with E-state index in [1.807, 2.05) is 31.4 Å². The minimum Gasteiger partial charge on any atom is -0.272 e. The highest BCUT2D eigenvalue weighted by atomic mass is 32.2. The van der Waals surface area contributed by atoms with Crippen LogP contribution in [-0.4, -0.2) is 20.8 Å². The van der Waals surface area contributed by atoms with Crippen molar-refractivity contribution in [2.24, 2.45) is 0 Å². The van der Waals surface area contributed by atoms with E-state index < -0.39 is 0 Å². The number of nitrogens with zero attached hydrogens (tertiary/aromatic N) is 3. The fourth-order valence-corrected chi connectivity index (χ4v) is 2.84. The maximum atomic E-state index is 4.71. The molecule has 0 bridgehead atoms. The molecule has 3 nitrogen and oxygen atoms in total. The molecule has 3 aromatic rings. The molecule has 0 N–H and O–H groups in total.